The average Bonchev–Trinajstić information content (AvgIpc) is 2.95. The van der Waals surface area contributed by atoms with Crippen molar-refractivity contribution in [2.75, 3.05) is 24.3 Å². The first kappa shape index (κ1) is 13.4. The Labute approximate surface area is 115 Å². The molecule has 1 aromatic rings. The Hall–Kier alpha value is -1.08. The predicted molar refractivity (Wildman–Crippen MR) is 72.1 cm³/mol. The highest BCUT2D eigenvalue weighted by Gasteiger charge is 2.31. The molecule has 5 nitrogen and oxygen atoms in total. The molecule has 2 heterocycles. The summed E-state index contributed by atoms with van der Waals surface area (Å²) in [6.07, 6.45) is 0.667. The minimum atomic E-state index is -0.326. The summed E-state index contributed by atoms with van der Waals surface area (Å²) in [5.74, 6) is 0.734. The third-order valence-corrected chi connectivity index (χ3v) is 4.22. The van der Waals surface area contributed by atoms with Crippen molar-refractivity contribution in [1.82, 2.24) is 4.98 Å². The SMILES string of the molecule is COC(=O)Cc1csc(N2CC(CS)CC2=O)n1. The van der Waals surface area contributed by atoms with Crippen molar-refractivity contribution in [3.8, 4) is 0 Å². The van der Waals surface area contributed by atoms with Crippen LogP contribution in [0.3, 0.4) is 0 Å². The van der Waals surface area contributed by atoms with E-state index in [1.54, 1.807) is 10.3 Å². The zero-order valence-corrected chi connectivity index (χ0v) is 11.7. The zero-order chi connectivity index (χ0) is 13.1. The van der Waals surface area contributed by atoms with Gasteiger partial charge in [0.25, 0.3) is 0 Å². The monoisotopic (exact) mass is 286 g/mol. The smallest absolute Gasteiger partial charge is 0.311 e. The van der Waals surface area contributed by atoms with Crippen LogP contribution in [-0.4, -0.2) is 36.3 Å². The molecule has 1 aromatic heterocycles. The van der Waals surface area contributed by atoms with Gasteiger partial charge in [-0.2, -0.15) is 12.6 Å². The van der Waals surface area contributed by atoms with Gasteiger partial charge in [-0.1, -0.05) is 0 Å². The lowest BCUT2D eigenvalue weighted by Crippen LogP contribution is -2.24. The number of amides is 1. The second-order valence-corrected chi connectivity index (χ2v) is 5.33. The molecule has 2 rings (SSSR count). The first-order valence-corrected chi connectivity index (χ1v) is 7.07. The predicted octanol–water partition coefficient (Wildman–Crippen LogP) is 1.14. The maximum Gasteiger partial charge on any atom is 0.311 e. The van der Waals surface area contributed by atoms with Crippen LogP contribution in [0.4, 0.5) is 5.13 Å². The number of hydrogen-bond donors (Lipinski definition) is 1. The summed E-state index contributed by atoms with van der Waals surface area (Å²) in [6.45, 7) is 0.660. The summed E-state index contributed by atoms with van der Waals surface area (Å²) in [5.41, 5.74) is 0.643. The van der Waals surface area contributed by atoms with Crippen LogP contribution in [-0.2, 0) is 20.7 Å². The number of anilines is 1. The van der Waals surface area contributed by atoms with Crippen molar-refractivity contribution < 1.29 is 14.3 Å². The number of ether oxygens (including phenoxy) is 1. The Morgan fingerprint density at radius 1 is 1.72 bits per heavy atom. The molecule has 0 radical (unpaired) electrons. The fraction of sp³-hybridized carbons (Fsp3) is 0.545. The lowest BCUT2D eigenvalue weighted by atomic mass is 10.1. The summed E-state index contributed by atoms with van der Waals surface area (Å²) in [6, 6.07) is 0. The van der Waals surface area contributed by atoms with E-state index < -0.39 is 0 Å². The lowest BCUT2D eigenvalue weighted by molar-refractivity contribution is -0.139. The number of carbonyl (C=O) groups is 2. The number of esters is 1. The molecular formula is C11H14N2O3S2. The van der Waals surface area contributed by atoms with E-state index in [9.17, 15) is 9.59 Å². The van der Waals surface area contributed by atoms with Gasteiger partial charge in [0.2, 0.25) is 5.91 Å². The zero-order valence-electron chi connectivity index (χ0n) is 9.96. The second kappa shape index (κ2) is 5.71. The van der Waals surface area contributed by atoms with Gasteiger partial charge in [-0.05, 0) is 11.7 Å². The van der Waals surface area contributed by atoms with Gasteiger partial charge in [0.1, 0.15) is 0 Å². The largest absolute Gasteiger partial charge is 0.469 e. The molecule has 0 aromatic carbocycles. The van der Waals surface area contributed by atoms with Gasteiger partial charge >= 0.3 is 5.97 Å². The number of rotatable bonds is 4. The molecule has 0 spiro atoms. The highest BCUT2D eigenvalue weighted by Crippen LogP contribution is 2.28. The van der Waals surface area contributed by atoms with Crippen LogP contribution in [0.2, 0.25) is 0 Å². The van der Waals surface area contributed by atoms with Crippen LogP contribution < -0.4 is 4.90 Å². The summed E-state index contributed by atoms with van der Waals surface area (Å²) in [5, 5.41) is 2.44. The normalized spacial score (nSPS) is 19.3. The van der Waals surface area contributed by atoms with Crippen molar-refractivity contribution in [2.45, 2.75) is 12.8 Å². The molecule has 1 atom stereocenters. The topological polar surface area (TPSA) is 59.5 Å². The lowest BCUT2D eigenvalue weighted by Gasteiger charge is -2.11. The van der Waals surface area contributed by atoms with E-state index in [0.717, 1.165) is 0 Å². The number of aromatic nitrogens is 1. The minimum Gasteiger partial charge on any atom is -0.469 e. The highest BCUT2D eigenvalue weighted by molar-refractivity contribution is 7.80. The molecule has 0 N–H and O–H groups in total. The van der Waals surface area contributed by atoms with E-state index >= 15 is 0 Å². The van der Waals surface area contributed by atoms with Crippen LogP contribution in [0.15, 0.2) is 5.38 Å². The Morgan fingerprint density at radius 2 is 2.50 bits per heavy atom. The number of thiol groups is 1. The molecule has 0 bridgehead atoms. The molecule has 1 aliphatic heterocycles. The summed E-state index contributed by atoms with van der Waals surface area (Å²) >= 11 is 5.59. The molecular weight excluding hydrogens is 272 g/mol. The molecule has 1 saturated heterocycles. The maximum atomic E-state index is 11.8. The van der Waals surface area contributed by atoms with E-state index in [4.69, 9.17) is 0 Å². The van der Waals surface area contributed by atoms with Gasteiger partial charge in [0.15, 0.2) is 5.13 Å². The van der Waals surface area contributed by atoms with Crippen LogP contribution in [0.5, 0.6) is 0 Å². The number of carbonyl (C=O) groups excluding carboxylic acids is 2. The first-order chi connectivity index (χ1) is 8.63. The van der Waals surface area contributed by atoms with Crippen molar-refractivity contribution in [1.29, 1.82) is 0 Å². The number of hydrogen-bond acceptors (Lipinski definition) is 6. The number of thiazole rings is 1. The fourth-order valence-electron chi connectivity index (χ4n) is 1.81. The molecule has 1 unspecified atom stereocenters. The molecule has 7 heteroatoms. The fourth-order valence-corrected chi connectivity index (χ4v) is 2.91. The van der Waals surface area contributed by atoms with Gasteiger partial charge in [-0.15, -0.1) is 11.3 Å². The van der Waals surface area contributed by atoms with Gasteiger partial charge in [0, 0.05) is 18.3 Å². The molecule has 98 valence electrons. The molecule has 0 aliphatic carbocycles. The standard InChI is InChI=1S/C11H14N2O3S2/c1-16-10(15)3-8-6-18-11(12-8)13-4-7(5-17)2-9(13)14/h6-7,17H,2-5H2,1H3. The number of methoxy groups -OCH3 is 1. The second-order valence-electron chi connectivity index (χ2n) is 4.13. The highest BCUT2D eigenvalue weighted by atomic mass is 32.1. The van der Waals surface area contributed by atoms with Gasteiger partial charge in [0.05, 0.1) is 19.2 Å². The third-order valence-electron chi connectivity index (χ3n) is 2.79. The molecule has 0 saturated carbocycles. The average molecular weight is 286 g/mol. The van der Waals surface area contributed by atoms with Crippen LogP contribution in [0.25, 0.3) is 0 Å². The summed E-state index contributed by atoms with van der Waals surface area (Å²) in [7, 11) is 1.34. The van der Waals surface area contributed by atoms with Gasteiger partial charge in [-0.3, -0.25) is 14.5 Å². The van der Waals surface area contributed by atoms with E-state index in [2.05, 4.69) is 22.3 Å². The van der Waals surface area contributed by atoms with Gasteiger partial charge in [-0.25, -0.2) is 4.98 Å². The Bertz CT molecular complexity index is 461. The van der Waals surface area contributed by atoms with Crippen molar-refractivity contribution in [3.05, 3.63) is 11.1 Å². The third kappa shape index (κ3) is 2.84. The Morgan fingerprint density at radius 3 is 3.11 bits per heavy atom. The van der Waals surface area contributed by atoms with Crippen molar-refractivity contribution in [2.24, 2.45) is 5.92 Å². The Balaban J connectivity index is 2.06. The summed E-state index contributed by atoms with van der Waals surface area (Å²) < 4.78 is 4.58. The Kier molecular flexibility index (Phi) is 4.23. The van der Waals surface area contributed by atoms with Gasteiger partial charge < -0.3 is 4.74 Å². The van der Waals surface area contributed by atoms with Crippen LogP contribution >= 0.6 is 24.0 Å². The molecule has 1 aliphatic rings. The maximum absolute atomic E-state index is 11.8. The quantitative estimate of drug-likeness (QED) is 0.666. The minimum absolute atomic E-state index is 0.0769. The summed E-state index contributed by atoms with van der Waals surface area (Å²) in [4.78, 5) is 28.9. The van der Waals surface area contributed by atoms with Crippen molar-refractivity contribution in [3.63, 3.8) is 0 Å². The number of nitrogens with zero attached hydrogens (tertiary/aromatic N) is 2. The van der Waals surface area contributed by atoms with Crippen LogP contribution in [0, 0.1) is 5.92 Å². The first-order valence-electron chi connectivity index (χ1n) is 5.56. The molecule has 18 heavy (non-hydrogen) atoms. The van der Waals surface area contributed by atoms with Crippen LogP contribution in [0.1, 0.15) is 12.1 Å². The van der Waals surface area contributed by atoms with E-state index in [0.29, 0.717) is 29.5 Å². The molecule has 1 fully saturated rings. The van der Waals surface area contributed by atoms with E-state index in [1.165, 1.54) is 18.4 Å². The molecule has 1 amide bonds. The van der Waals surface area contributed by atoms with E-state index in [1.807, 2.05) is 0 Å². The van der Waals surface area contributed by atoms with Crippen molar-refractivity contribution >= 4 is 41.0 Å². The van der Waals surface area contributed by atoms with E-state index in [-0.39, 0.29) is 24.2 Å².